The van der Waals surface area contributed by atoms with Crippen LogP contribution in [0.2, 0.25) is 20.1 Å². The Morgan fingerprint density at radius 2 is 1.04 bits per heavy atom. The summed E-state index contributed by atoms with van der Waals surface area (Å²) in [6, 6.07) is 40.5. The Morgan fingerprint density at radius 3 is 1.57 bits per heavy atom. The van der Waals surface area contributed by atoms with Gasteiger partial charge in [0.05, 0.1) is 16.4 Å². The minimum Gasteiger partial charge on any atom is -0.294 e. The minimum absolute atomic E-state index is 0.155. The number of carbonyl (C=O) groups is 1. The zero-order valence-electron chi connectivity index (χ0n) is 48.5. The van der Waals surface area contributed by atoms with Gasteiger partial charge in [-0.3, -0.25) is 14.0 Å². The third kappa shape index (κ3) is 10.5. The third-order valence-corrected chi connectivity index (χ3v) is 16.1. The number of halogens is 4. The van der Waals surface area contributed by atoms with E-state index in [1.807, 2.05) is 134 Å². The van der Waals surface area contributed by atoms with Gasteiger partial charge in [0.25, 0.3) is 5.56 Å². The van der Waals surface area contributed by atoms with Crippen LogP contribution >= 0.6 is 46.4 Å². The summed E-state index contributed by atoms with van der Waals surface area (Å²) in [6.07, 6.45) is 9.85. The van der Waals surface area contributed by atoms with Crippen molar-refractivity contribution in [3.63, 3.8) is 0 Å². The fourth-order valence-electron chi connectivity index (χ4n) is 10.9. The summed E-state index contributed by atoms with van der Waals surface area (Å²) in [5.74, 6) is -0.155. The average Bonchev–Trinajstić information content (AvgIpc) is 1.13. The normalized spacial score (nSPS) is 11.3. The number of hydrogen-bond acceptors (Lipinski definition) is 3. The van der Waals surface area contributed by atoms with Gasteiger partial charge in [-0.1, -0.05) is 203 Å². The van der Waals surface area contributed by atoms with E-state index in [4.69, 9.17) is 51.4 Å². The lowest BCUT2D eigenvalue weighted by Gasteiger charge is -2.22. The molecule has 13 rings (SSSR count). The van der Waals surface area contributed by atoms with Crippen LogP contribution in [-0.2, 0) is 0 Å². The zero-order chi connectivity index (χ0) is 59.6. The molecule has 0 aliphatic carbocycles. The predicted octanol–water partition coefficient (Wildman–Crippen LogP) is 21.9. The number of nitrogens with zero attached hydrogens (tertiary/aromatic N) is 2. The molecule has 0 amide bonds. The Balaban J connectivity index is 0.000000223. The molecule has 0 spiro atoms. The second kappa shape index (κ2) is 25.1. The SMILES string of the molecule is C/C=C\C.C=Cc1cc2ccc3c(nc4c5cc(Cl)c6c7c(Cl)cc(C(C)=O)c8c(C(=C)C)cc(Cl)c(c9c(Cl)cc(c(=O)n34)c5c96)c87)c2cc1/C=C\C.C=c1ccccc1=C.CC.CC.Cc1ccc2cc3ccccc3cc2c1C. The second-order valence-electron chi connectivity index (χ2n) is 19.7. The second-order valence-corrected chi connectivity index (χ2v) is 21.4. The molecule has 13 aromatic rings. The maximum Gasteiger partial charge on any atom is 0.264 e. The van der Waals surface area contributed by atoms with E-state index in [1.165, 1.54) is 39.6 Å². The largest absolute Gasteiger partial charge is 0.294 e. The van der Waals surface area contributed by atoms with E-state index in [9.17, 15) is 9.59 Å². The van der Waals surface area contributed by atoms with Crippen LogP contribution in [0.1, 0.15) is 100 Å². The van der Waals surface area contributed by atoms with Crippen LogP contribution in [-0.4, -0.2) is 15.2 Å². The first-order chi connectivity index (χ1) is 39.4. The molecule has 0 aliphatic heterocycles. The summed E-state index contributed by atoms with van der Waals surface area (Å²) in [7, 11) is 0. The zero-order valence-corrected chi connectivity index (χ0v) is 51.5. The lowest BCUT2D eigenvalue weighted by atomic mass is 9.83. The molecule has 0 fully saturated rings. The highest BCUT2D eigenvalue weighted by molar-refractivity contribution is 6.55. The van der Waals surface area contributed by atoms with Gasteiger partial charge in [0.15, 0.2) is 5.78 Å². The van der Waals surface area contributed by atoms with E-state index in [-0.39, 0.29) is 11.3 Å². The number of imidazole rings is 1. The molecule has 0 radical (unpaired) electrons. The van der Waals surface area contributed by atoms with Crippen LogP contribution in [0.5, 0.6) is 0 Å². The number of aromatic nitrogens is 2. The molecule has 2 heterocycles. The summed E-state index contributed by atoms with van der Waals surface area (Å²) < 4.78 is 1.65. The van der Waals surface area contributed by atoms with Gasteiger partial charge in [0.2, 0.25) is 0 Å². The number of benzene rings is 11. The van der Waals surface area contributed by atoms with Crippen LogP contribution in [0.25, 0.3) is 134 Å². The van der Waals surface area contributed by atoms with Crippen LogP contribution < -0.4 is 16.0 Å². The number of pyridine rings is 1. The van der Waals surface area contributed by atoms with E-state index in [1.54, 1.807) is 16.5 Å². The van der Waals surface area contributed by atoms with Crippen molar-refractivity contribution >= 4 is 186 Å². The smallest absolute Gasteiger partial charge is 0.264 e. The van der Waals surface area contributed by atoms with Gasteiger partial charge in [-0.25, -0.2) is 4.98 Å². The first-order valence-corrected chi connectivity index (χ1v) is 29.1. The van der Waals surface area contributed by atoms with Gasteiger partial charge in [0, 0.05) is 79.5 Å². The molecule has 0 atom stereocenters. The van der Waals surface area contributed by atoms with Crippen molar-refractivity contribution in [3.8, 4) is 0 Å². The molecule has 4 nitrogen and oxygen atoms in total. The van der Waals surface area contributed by atoms with E-state index >= 15 is 0 Å². The fraction of sp³-hybridized carbons (Fsp3) is 0.149. The maximum absolute atomic E-state index is 14.7. The van der Waals surface area contributed by atoms with Gasteiger partial charge in [-0.2, -0.15) is 0 Å². The highest BCUT2D eigenvalue weighted by atomic mass is 35.5. The summed E-state index contributed by atoms with van der Waals surface area (Å²) in [5, 5.41) is 17.0. The summed E-state index contributed by atoms with van der Waals surface area (Å²) in [6.45, 7) is 37.4. The quantitative estimate of drug-likeness (QED) is 0.0764. The standard InChI is InChI=1S/C42H24Cl4N2O2.C16H14.C8H8.C4H8.2C2H6/c1-6-8-20-12-24-21(11-19(20)7-2)9-10-31-40(24)47-41-25-15-29(45)36-35-28(44)14-23(18(5)49)32-22(17(3)4)13-27(43)34(38(32)35)37-30(46)16-26(33(25)39(36)37)42(50)48(31)41;1-11-7-8-15-9-13-5-3-4-6-14(13)10-16(15)12(11)2;1-7-5-3-4-6-8(7)2;1-3-4-2;2*1-2/h6-16H,2-3H2,1,4-5H3;3-10H,1-2H3;3-6H,1-2H2;3-4H,1-2H3;2*1-2H3/b8-6-;;;4-3-;;. The summed E-state index contributed by atoms with van der Waals surface area (Å²) in [5.41, 5.74) is 8.25. The van der Waals surface area contributed by atoms with Gasteiger partial charge in [-0.15, -0.1) is 0 Å². The molecule has 0 saturated carbocycles. The van der Waals surface area contributed by atoms with Gasteiger partial charge in [0.1, 0.15) is 5.65 Å². The van der Waals surface area contributed by atoms with E-state index in [0.717, 1.165) is 43.5 Å². The maximum atomic E-state index is 14.7. The van der Waals surface area contributed by atoms with Crippen LogP contribution in [0.15, 0.2) is 158 Å². The van der Waals surface area contributed by atoms with E-state index in [2.05, 4.69) is 101 Å². The summed E-state index contributed by atoms with van der Waals surface area (Å²) in [4.78, 5) is 32.9. The minimum atomic E-state index is -0.259. The molecule has 0 bridgehead atoms. The van der Waals surface area contributed by atoms with Crippen molar-refractivity contribution in [2.45, 2.75) is 76.2 Å². The molecular formula is C74H66Cl4N2O2. The third-order valence-electron chi connectivity index (χ3n) is 14.9. The lowest BCUT2D eigenvalue weighted by Crippen LogP contribution is -2.19. The number of carbonyl (C=O) groups excluding carboxylic acids is 1. The Hall–Kier alpha value is -7.83. The van der Waals surface area contributed by atoms with Gasteiger partial charge in [-0.05, 0) is 168 Å². The number of hydrogen-bond donors (Lipinski definition) is 0. The molecule has 8 heteroatoms. The van der Waals surface area contributed by atoms with Crippen molar-refractivity contribution < 1.29 is 4.79 Å². The number of ketones is 1. The Bertz CT molecular complexity index is 4830. The molecule has 82 heavy (non-hydrogen) atoms. The van der Waals surface area contributed by atoms with Crippen molar-refractivity contribution in [1.82, 2.24) is 9.38 Å². The predicted molar refractivity (Wildman–Crippen MR) is 367 cm³/mol. The molecule has 0 aliphatic rings. The van der Waals surface area contributed by atoms with Crippen molar-refractivity contribution in [2.75, 3.05) is 0 Å². The van der Waals surface area contributed by atoms with Gasteiger partial charge >= 0.3 is 0 Å². The number of allylic oxidation sites excluding steroid dienone is 4. The number of Topliss-reactive ketones (excluding diaryl/α,β-unsaturated/α-hetero) is 1. The average molecular weight is 1160 g/mol. The number of fused-ring (bicyclic) bond motifs is 10. The molecule has 2 aromatic heterocycles. The van der Waals surface area contributed by atoms with Gasteiger partial charge < -0.3 is 0 Å². The fourth-order valence-corrected chi connectivity index (χ4v) is 12.1. The molecule has 0 saturated heterocycles. The topological polar surface area (TPSA) is 51.4 Å². The van der Waals surface area contributed by atoms with Crippen LogP contribution in [0.3, 0.4) is 0 Å². The number of rotatable bonds is 4. The summed E-state index contributed by atoms with van der Waals surface area (Å²) >= 11 is 28.8. The van der Waals surface area contributed by atoms with Crippen LogP contribution in [0.4, 0.5) is 0 Å². The first-order valence-electron chi connectivity index (χ1n) is 27.6. The Morgan fingerprint density at radius 1 is 0.524 bits per heavy atom. The van der Waals surface area contributed by atoms with Crippen molar-refractivity contribution in [2.24, 2.45) is 0 Å². The highest BCUT2D eigenvalue weighted by Crippen LogP contribution is 2.53. The molecule has 412 valence electrons. The van der Waals surface area contributed by atoms with E-state index in [0.29, 0.717) is 96.2 Å². The van der Waals surface area contributed by atoms with Crippen LogP contribution in [0, 0.1) is 13.8 Å². The first kappa shape index (κ1) is 60.3. The molecule has 0 unspecified atom stereocenters. The lowest BCUT2D eigenvalue weighted by molar-refractivity contribution is 0.101. The molecule has 0 N–H and O–H groups in total. The Kier molecular flexibility index (Phi) is 18.5. The number of aryl methyl sites for hydroxylation is 2. The van der Waals surface area contributed by atoms with Crippen molar-refractivity contribution in [1.29, 1.82) is 0 Å². The van der Waals surface area contributed by atoms with E-state index < -0.39 is 0 Å². The Labute approximate surface area is 499 Å². The molecule has 11 aromatic carbocycles. The van der Waals surface area contributed by atoms with Crippen molar-refractivity contribution in [3.05, 3.63) is 227 Å². The molecular weight excluding hydrogens is 1090 g/mol. The monoisotopic (exact) mass is 1150 g/mol. The highest BCUT2D eigenvalue weighted by Gasteiger charge is 2.29.